The standard InChI is InChI=1S/C13H12BrNO4/c14-8-5-6-9(13(18)19)10(7-8)15-11(16)3-1-2-4-12(15)17/h5-7H,1-4H2,(H,18,19). The molecule has 0 unspecified atom stereocenters. The van der Waals surface area contributed by atoms with Crippen LogP contribution in [0.25, 0.3) is 0 Å². The lowest BCUT2D eigenvalue weighted by atomic mass is 10.1. The van der Waals surface area contributed by atoms with Gasteiger partial charge in [0.25, 0.3) is 0 Å². The molecule has 1 aliphatic rings. The number of hydrogen-bond acceptors (Lipinski definition) is 3. The molecule has 2 amide bonds. The largest absolute Gasteiger partial charge is 0.478 e. The van der Waals surface area contributed by atoms with Gasteiger partial charge in [0.15, 0.2) is 0 Å². The van der Waals surface area contributed by atoms with Crippen molar-refractivity contribution in [3.63, 3.8) is 0 Å². The fraction of sp³-hybridized carbons (Fsp3) is 0.308. The van der Waals surface area contributed by atoms with E-state index < -0.39 is 5.97 Å². The number of carboxylic acid groups (broad SMARTS) is 1. The average molecular weight is 326 g/mol. The van der Waals surface area contributed by atoms with E-state index in [0.717, 1.165) is 4.90 Å². The summed E-state index contributed by atoms with van der Waals surface area (Å²) in [6.45, 7) is 0. The van der Waals surface area contributed by atoms with Gasteiger partial charge in [-0.05, 0) is 31.0 Å². The molecule has 0 aliphatic carbocycles. The van der Waals surface area contributed by atoms with E-state index in [1.54, 1.807) is 6.07 Å². The van der Waals surface area contributed by atoms with Crippen LogP contribution in [0.15, 0.2) is 22.7 Å². The van der Waals surface area contributed by atoms with E-state index in [1.807, 2.05) is 0 Å². The predicted molar refractivity (Wildman–Crippen MR) is 72.1 cm³/mol. The van der Waals surface area contributed by atoms with E-state index in [2.05, 4.69) is 15.9 Å². The van der Waals surface area contributed by atoms with Crippen molar-refractivity contribution in [2.24, 2.45) is 0 Å². The quantitative estimate of drug-likeness (QED) is 0.848. The Morgan fingerprint density at radius 1 is 1.16 bits per heavy atom. The second-order valence-electron chi connectivity index (χ2n) is 4.30. The van der Waals surface area contributed by atoms with Crippen molar-refractivity contribution < 1.29 is 19.5 Å². The van der Waals surface area contributed by atoms with Crippen LogP contribution >= 0.6 is 15.9 Å². The van der Waals surface area contributed by atoms with Gasteiger partial charge in [-0.25, -0.2) is 9.69 Å². The highest BCUT2D eigenvalue weighted by Gasteiger charge is 2.29. The Kier molecular flexibility index (Phi) is 3.99. The molecule has 0 spiro atoms. The minimum atomic E-state index is -1.16. The van der Waals surface area contributed by atoms with Crippen LogP contribution in [0.1, 0.15) is 36.0 Å². The van der Waals surface area contributed by atoms with Gasteiger partial charge < -0.3 is 5.11 Å². The third kappa shape index (κ3) is 2.84. The molecule has 0 radical (unpaired) electrons. The van der Waals surface area contributed by atoms with Crippen molar-refractivity contribution in [3.8, 4) is 0 Å². The third-order valence-corrected chi connectivity index (χ3v) is 3.45. The highest BCUT2D eigenvalue weighted by atomic mass is 79.9. The van der Waals surface area contributed by atoms with Crippen LogP contribution in [0, 0.1) is 0 Å². The maximum atomic E-state index is 12.0. The molecule has 100 valence electrons. The third-order valence-electron chi connectivity index (χ3n) is 2.96. The first-order valence-corrected chi connectivity index (χ1v) is 6.68. The number of carboxylic acids is 1. The SMILES string of the molecule is O=C(O)c1ccc(Br)cc1N1C(=O)CCCCC1=O. The van der Waals surface area contributed by atoms with Gasteiger partial charge in [0.05, 0.1) is 11.3 Å². The number of amides is 2. The molecule has 1 fully saturated rings. The zero-order valence-corrected chi connectivity index (χ0v) is 11.6. The molecule has 1 saturated heterocycles. The van der Waals surface area contributed by atoms with Crippen LogP contribution in [0.2, 0.25) is 0 Å². The van der Waals surface area contributed by atoms with E-state index in [0.29, 0.717) is 17.3 Å². The lowest BCUT2D eigenvalue weighted by Crippen LogP contribution is -2.36. The van der Waals surface area contributed by atoms with E-state index >= 15 is 0 Å². The molecule has 1 heterocycles. The molecule has 19 heavy (non-hydrogen) atoms. The highest BCUT2D eigenvalue weighted by molar-refractivity contribution is 9.10. The molecule has 0 aromatic heterocycles. The number of rotatable bonds is 2. The number of anilines is 1. The van der Waals surface area contributed by atoms with Crippen LogP contribution < -0.4 is 4.90 Å². The van der Waals surface area contributed by atoms with Crippen molar-refractivity contribution in [1.82, 2.24) is 0 Å². The van der Waals surface area contributed by atoms with Crippen molar-refractivity contribution >= 4 is 39.4 Å². The minimum Gasteiger partial charge on any atom is -0.478 e. The van der Waals surface area contributed by atoms with Gasteiger partial charge in [0.2, 0.25) is 11.8 Å². The smallest absolute Gasteiger partial charge is 0.337 e. The van der Waals surface area contributed by atoms with E-state index in [-0.39, 0.29) is 35.9 Å². The lowest BCUT2D eigenvalue weighted by molar-refractivity contribution is -0.125. The molecule has 5 nitrogen and oxygen atoms in total. The van der Waals surface area contributed by atoms with Crippen LogP contribution in [0.4, 0.5) is 5.69 Å². The molecule has 1 aromatic rings. The van der Waals surface area contributed by atoms with Gasteiger partial charge in [-0.3, -0.25) is 9.59 Å². The van der Waals surface area contributed by atoms with Crippen molar-refractivity contribution in [3.05, 3.63) is 28.2 Å². The van der Waals surface area contributed by atoms with Crippen molar-refractivity contribution in [2.45, 2.75) is 25.7 Å². The maximum absolute atomic E-state index is 12.0. The van der Waals surface area contributed by atoms with Gasteiger partial charge >= 0.3 is 5.97 Å². The predicted octanol–water partition coefficient (Wildman–Crippen LogP) is 2.58. The van der Waals surface area contributed by atoms with Crippen LogP contribution in [0.3, 0.4) is 0 Å². The van der Waals surface area contributed by atoms with Crippen molar-refractivity contribution in [2.75, 3.05) is 4.90 Å². The number of carbonyl (C=O) groups excluding carboxylic acids is 2. The number of benzene rings is 1. The minimum absolute atomic E-state index is 0.0493. The second kappa shape index (κ2) is 5.52. The van der Waals surface area contributed by atoms with E-state index in [1.165, 1.54) is 12.1 Å². The summed E-state index contributed by atoms with van der Waals surface area (Å²) in [7, 11) is 0. The first-order chi connectivity index (χ1) is 9.00. The first-order valence-electron chi connectivity index (χ1n) is 5.89. The topological polar surface area (TPSA) is 74.7 Å². The summed E-state index contributed by atoms with van der Waals surface area (Å²) in [5.74, 6) is -1.85. The molecule has 0 bridgehead atoms. The van der Waals surface area contributed by atoms with Gasteiger partial charge in [0.1, 0.15) is 0 Å². The zero-order chi connectivity index (χ0) is 14.0. The Hall–Kier alpha value is -1.69. The molecular formula is C13H12BrNO4. The van der Waals surface area contributed by atoms with Gasteiger partial charge in [-0.15, -0.1) is 0 Å². The van der Waals surface area contributed by atoms with Gasteiger partial charge in [0, 0.05) is 17.3 Å². The highest BCUT2D eigenvalue weighted by Crippen LogP contribution is 2.28. The molecule has 6 heteroatoms. The van der Waals surface area contributed by atoms with E-state index in [9.17, 15) is 14.4 Å². The maximum Gasteiger partial charge on any atom is 0.337 e. The number of hydrogen-bond donors (Lipinski definition) is 1. The summed E-state index contributed by atoms with van der Waals surface area (Å²) >= 11 is 3.23. The normalized spacial score (nSPS) is 16.4. The van der Waals surface area contributed by atoms with Crippen LogP contribution in [0.5, 0.6) is 0 Å². The molecule has 1 N–H and O–H groups in total. The Morgan fingerprint density at radius 3 is 2.26 bits per heavy atom. The van der Waals surface area contributed by atoms with Gasteiger partial charge in [-0.2, -0.15) is 0 Å². The summed E-state index contributed by atoms with van der Waals surface area (Å²) in [5, 5.41) is 9.17. The lowest BCUT2D eigenvalue weighted by Gasteiger charge is -2.20. The molecule has 2 rings (SSSR count). The monoisotopic (exact) mass is 325 g/mol. The van der Waals surface area contributed by atoms with E-state index in [4.69, 9.17) is 5.11 Å². The fourth-order valence-corrected chi connectivity index (χ4v) is 2.40. The van der Waals surface area contributed by atoms with Crippen LogP contribution in [-0.2, 0) is 9.59 Å². The number of halogens is 1. The summed E-state index contributed by atoms with van der Waals surface area (Å²) in [6.07, 6.45) is 1.82. The van der Waals surface area contributed by atoms with Gasteiger partial charge in [-0.1, -0.05) is 15.9 Å². The summed E-state index contributed by atoms with van der Waals surface area (Å²) in [6, 6.07) is 4.44. The molecule has 0 saturated carbocycles. The number of aromatic carboxylic acids is 1. The summed E-state index contributed by atoms with van der Waals surface area (Å²) in [4.78, 5) is 36.2. The Bertz CT molecular complexity index is 538. The summed E-state index contributed by atoms with van der Waals surface area (Å²) in [5.41, 5.74) is 0.0885. The Balaban J connectivity index is 2.54. The molecular weight excluding hydrogens is 314 g/mol. The Labute approximate surface area is 118 Å². The van der Waals surface area contributed by atoms with Crippen LogP contribution in [-0.4, -0.2) is 22.9 Å². The second-order valence-corrected chi connectivity index (χ2v) is 5.21. The average Bonchev–Trinajstić information content (AvgIpc) is 2.50. The Morgan fingerprint density at radius 2 is 1.74 bits per heavy atom. The van der Waals surface area contributed by atoms with Crippen molar-refractivity contribution in [1.29, 1.82) is 0 Å². The summed E-state index contributed by atoms with van der Waals surface area (Å²) < 4.78 is 0.623. The fourth-order valence-electron chi connectivity index (χ4n) is 2.05. The molecule has 1 aromatic carbocycles. The molecule has 0 atom stereocenters. The number of nitrogens with zero attached hydrogens (tertiary/aromatic N) is 1. The molecule has 1 aliphatic heterocycles. The first kappa shape index (κ1) is 13.7. The number of carbonyl (C=O) groups is 3. The number of imide groups is 1. The zero-order valence-electron chi connectivity index (χ0n) is 10.1.